The van der Waals surface area contributed by atoms with Crippen LogP contribution < -0.4 is 5.73 Å². The minimum atomic E-state index is -0.725. The highest BCUT2D eigenvalue weighted by Crippen LogP contribution is 2.04. The second-order valence-electron chi connectivity index (χ2n) is 3.99. The molecule has 0 unspecified atom stereocenters. The zero-order valence-corrected chi connectivity index (χ0v) is 9.72. The molecule has 0 aromatic heterocycles. The van der Waals surface area contributed by atoms with E-state index in [4.69, 9.17) is 5.73 Å². The summed E-state index contributed by atoms with van der Waals surface area (Å²) in [5, 5.41) is 0. The lowest BCUT2D eigenvalue weighted by molar-refractivity contribution is -0.117. The Morgan fingerprint density at radius 3 is 1.71 bits per heavy atom. The van der Waals surface area contributed by atoms with E-state index in [9.17, 15) is 9.59 Å². The molecule has 0 saturated heterocycles. The highest BCUT2D eigenvalue weighted by molar-refractivity contribution is 5.75. The van der Waals surface area contributed by atoms with Crippen molar-refractivity contribution in [1.82, 2.24) is 0 Å². The first-order valence-electron chi connectivity index (χ1n) is 4.67. The lowest BCUT2D eigenvalue weighted by Gasteiger charge is -2.16. The molecule has 0 aliphatic heterocycles. The molecule has 0 aliphatic carbocycles. The van der Waals surface area contributed by atoms with Crippen molar-refractivity contribution in [1.29, 1.82) is 0 Å². The summed E-state index contributed by atoms with van der Waals surface area (Å²) >= 11 is 0. The van der Waals surface area contributed by atoms with Gasteiger partial charge >= 0.3 is 6.09 Å². The van der Waals surface area contributed by atoms with Gasteiger partial charge in [-0.1, -0.05) is 6.92 Å². The van der Waals surface area contributed by atoms with Gasteiger partial charge in [0.15, 0.2) is 0 Å². The van der Waals surface area contributed by atoms with E-state index < -0.39 is 11.7 Å². The average Bonchev–Trinajstić information content (AvgIpc) is 1.80. The molecule has 14 heavy (non-hydrogen) atoms. The van der Waals surface area contributed by atoms with Gasteiger partial charge in [-0.05, 0) is 34.1 Å². The first kappa shape index (κ1) is 15.4. The fraction of sp³-hybridized carbons (Fsp3) is 0.800. The van der Waals surface area contributed by atoms with Crippen molar-refractivity contribution in [2.24, 2.45) is 5.73 Å². The second-order valence-corrected chi connectivity index (χ2v) is 3.99. The van der Waals surface area contributed by atoms with E-state index >= 15 is 0 Å². The normalized spacial score (nSPS) is 9.79. The summed E-state index contributed by atoms with van der Waals surface area (Å²) in [6.45, 7) is 8.90. The van der Waals surface area contributed by atoms with Crippen molar-refractivity contribution in [3.63, 3.8) is 0 Å². The molecule has 0 fully saturated rings. The number of Topliss-reactive ketones (excluding diaryl/α,β-unsaturated/α-hetero) is 1. The van der Waals surface area contributed by atoms with E-state index in [1.165, 1.54) is 0 Å². The van der Waals surface area contributed by atoms with Crippen LogP contribution in [-0.2, 0) is 9.53 Å². The highest BCUT2D eigenvalue weighted by Gasteiger charge is 2.12. The largest absolute Gasteiger partial charge is 0.444 e. The van der Waals surface area contributed by atoms with Gasteiger partial charge in [-0.2, -0.15) is 0 Å². The monoisotopic (exact) mass is 203 g/mol. The van der Waals surface area contributed by atoms with Crippen LogP contribution in [0, 0.1) is 0 Å². The van der Waals surface area contributed by atoms with Crippen LogP contribution in [0.25, 0.3) is 0 Å². The Hall–Kier alpha value is -1.06. The minimum absolute atomic E-state index is 0.289. The van der Waals surface area contributed by atoms with Crippen LogP contribution >= 0.6 is 0 Å². The van der Waals surface area contributed by atoms with E-state index in [0.717, 1.165) is 12.8 Å². The predicted octanol–water partition coefficient (Wildman–Crippen LogP) is 2.26. The van der Waals surface area contributed by atoms with Crippen molar-refractivity contribution >= 4 is 11.9 Å². The average molecular weight is 203 g/mol. The SMILES string of the molecule is CC(C)(C)OC(N)=O.CCCC(C)=O. The third-order valence-corrected chi connectivity index (χ3v) is 1.01. The summed E-state index contributed by atoms with van der Waals surface area (Å²) in [6.07, 6.45) is 0.993. The van der Waals surface area contributed by atoms with Gasteiger partial charge in [-0.25, -0.2) is 4.79 Å². The number of ketones is 1. The molecule has 0 atom stereocenters. The van der Waals surface area contributed by atoms with Crippen LogP contribution in [0.5, 0.6) is 0 Å². The molecular formula is C10H21NO3. The number of primary amides is 1. The maximum Gasteiger partial charge on any atom is 0.405 e. The number of carbonyl (C=O) groups excluding carboxylic acids is 2. The Bertz CT molecular complexity index is 182. The van der Waals surface area contributed by atoms with Crippen molar-refractivity contribution < 1.29 is 14.3 Å². The molecule has 0 heterocycles. The Balaban J connectivity index is 0. The summed E-state index contributed by atoms with van der Waals surface area (Å²) in [7, 11) is 0. The molecule has 84 valence electrons. The fourth-order valence-corrected chi connectivity index (χ4v) is 0.654. The molecule has 0 radical (unpaired) electrons. The first-order chi connectivity index (χ1) is 6.19. The maximum atomic E-state index is 10.0. The van der Waals surface area contributed by atoms with E-state index in [-0.39, 0.29) is 5.78 Å². The molecule has 0 saturated carbocycles. The number of hydrogen-bond donors (Lipinski definition) is 1. The van der Waals surface area contributed by atoms with Gasteiger partial charge in [0.05, 0.1) is 0 Å². The second kappa shape index (κ2) is 7.35. The van der Waals surface area contributed by atoms with E-state index in [0.29, 0.717) is 0 Å². The number of rotatable bonds is 2. The van der Waals surface area contributed by atoms with Gasteiger partial charge in [0, 0.05) is 6.42 Å². The van der Waals surface area contributed by atoms with Crippen molar-refractivity contribution in [2.75, 3.05) is 0 Å². The zero-order chi connectivity index (χ0) is 11.8. The van der Waals surface area contributed by atoms with Crippen LogP contribution in [0.15, 0.2) is 0 Å². The lowest BCUT2D eigenvalue weighted by Crippen LogP contribution is -2.27. The summed E-state index contributed by atoms with van der Waals surface area (Å²) < 4.78 is 4.58. The molecule has 4 heteroatoms. The maximum absolute atomic E-state index is 10.0. The quantitative estimate of drug-likeness (QED) is 0.748. The lowest BCUT2D eigenvalue weighted by atomic mass is 10.2. The summed E-state index contributed by atoms with van der Waals surface area (Å²) in [4.78, 5) is 20.1. The number of amides is 1. The molecule has 0 rings (SSSR count). The molecule has 0 spiro atoms. The highest BCUT2D eigenvalue weighted by atomic mass is 16.6. The third-order valence-electron chi connectivity index (χ3n) is 1.01. The summed E-state index contributed by atoms with van der Waals surface area (Å²) in [6, 6.07) is 0. The van der Waals surface area contributed by atoms with Gasteiger partial charge < -0.3 is 15.3 Å². The Labute approximate surface area is 85.8 Å². The number of ether oxygens (including phenoxy) is 1. The minimum Gasteiger partial charge on any atom is -0.444 e. The number of nitrogens with two attached hydrogens (primary N) is 1. The first-order valence-corrected chi connectivity index (χ1v) is 4.67. The Kier molecular flexibility index (Phi) is 8.10. The number of hydrogen-bond acceptors (Lipinski definition) is 3. The molecule has 0 aliphatic rings. The third kappa shape index (κ3) is 22.4. The van der Waals surface area contributed by atoms with Crippen molar-refractivity contribution in [3.8, 4) is 0 Å². The molecule has 2 N–H and O–H groups in total. The van der Waals surface area contributed by atoms with Gasteiger partial charge in [-0.3, -0.25) is 0 Å². The van der Waals surface area contributed by atoms with Crippen LogP contribution in [0.1, 0.15) is 47.5 Å². The zero-order valence-electron chi connectivity index (χ0n) is 9.72. The fourth-order valence-electron chi connectivity index (χ4n) is 0.654. The van der Waals surface area contributed by atoms with Crippen LogP contribution in [0.4, 0.5) is 4.79 Å². The molecule has 0 aromatic rings. The van der Waals surface area contributed by atoms with E-state index in [2.05, 4.69) is 4.74 Å². The van der Waals surface area contributed by atoms with Crippen molar-refractivity contribution in [2.45, 2.75) is 53.1 Å². The van der Waals surface area contributed by atoms with Gasteiger partial charge in [0.2, 0.25) is 0 Å². The van der Waals surface area contributed by atoms with Gasteiger partial charge in [0.1, 0.15) is 11.4 Å². The predicted molar refractivity (Wildman–Crippen MR) is 56.0 cm³/mol. The van der Waals surface area contributed by atoms with Crippen LogP contribution in [-0.4, -0.2) is 17.5 Å². The Morgan fingerprint density at radius 2 is 1.71 bits per heavy atom. The molecule has 1 amide bonds. The van der Waals surface area contributed by atoms with Gasteiger partial charge in [-0.15, -0.1) is 0 Å². The molecule has 4 nitrogen and oxygen atoms in total. The Morgan fingerprint density at radius 1 is 1.29 bits per heavy atom. The van der Waals surface area contributed by atoms with Crippen LogP contribution in [0.3, 0.4) is 0 Å². The standard InChI is InChI=1S/C5H11NO2.C5H10O/c1-5(2,3)8-4(6)7;1-3-4-5(2)6/h1-3H3,(H2,6,7);3-4H2,1-2H3. The topological polar surface area (TPSA) is 69.4 Å². The van der Waals surface area contributed by atoms with E-state index in [1.807, 2.05) is 6.92 Å². The van der Waals surface area contributed by atoms with E-state index in [1.54, 1.807) is 27.7 Å². The van der Waals surface area contributed by atoms with Gasteiger partial charge in [0.25, 0.3) is 0 Å². The summed E-state index contributed by atoms with van der Waals surface area (Å²) in [5.74, 6) is 0.289. The molecule has 0 bridgehead atoms. The van der Waals surface area contributed by atoms with Crippen LogP contribution in [0.2, 0.25) is 0 Å². The summed E-state index contributed by atoms with van der Waals surface area (Å²) in [5.41, 5.74) is 4.26. The van der Waals surface area contributed by atoms with Crippen molar-refractivity contribution in [3.05, 3.63) is 0 Å². The molecular weight excluding hydrogens is 182 g/mol. The smallest absolute Gasteiger partial charge is 0.405 e. The molecule has 0 aromatic carbocycles. The number of carbonyl (C=O) groups is 2.